The van der Waals surface area contributed by atoms with Crippen LogP contribution in [0.5, 0.6) is 11.5 Å². The number of fused-ring (bicyclic) bond motifs is 1. The average molecular weight is 495 g/mol. The number of nitrogens with zero attached hydrogens (tertiary/aromatic N) is 3. The molecule has 0 aliphatic carbocycles. The number of anilines is 2. The Hall–Kier alpha value is -3.43. The molecule has 1 amide bonds. The second kappa shape index (κ2) is 9.37. The fourth-order valence-electron chi connectivity index (χ4n) is 3.10. The molecule has 2 heterocycles. The van der Waals surface area contributed by atoms with Crippen LogP contribution in [0.4, 0.5) is 11.6 Å². The number of halogens is 1. The number of carbonyl (C=O) groups is 1. The van der Waals surface area contributed by atoms with Gasteiger partial charge in [-0.05, 0) is 49.4 Å². The van der Waals surface area contributed by atoms with E-state index >= 15 is 0 Å². The zero-order valence-corrected chi connectivity index (χ0v) is 19.3. The molecule has 9 heteroatoms. The van der Waals surface area contributed by atoms with Crippen molar-refractivity contribution in [1.82, 2.24) is 19.9 Å². The highest BCUT2D eigenvalue weighted by Gasteiger charge is 2.12. The third-order valence-electron chi connectivity index (χ3n) is 4.74. The van der Waals surface area contributed by atoms with Crippen LogP contribution in [-0.2, 0) is 7.05 Å². The van der Waals surface area contributed by atoms with E-state index in [1.165, 1.54) is 6.20 Å². The summed E-state index contributed by atoms with van der Waals surface area (Å²) in [6, 6.07) is 16.7. The summed E-state index contributed by atoms with van der Waals surface area (Å²) in [5, 5.41) is 6.07. The van der Waals surface area contributed by atoms with Gasteiger partial charge in [0.05, 0.1) is 11.0 Å². The van der Waals surface area contributed by atoms with E-state index < -0.39 is 0 Å². The Morgan fingerprint density at radius 1 is 1.16 bits per heavy atom. The smallest absolute Gasteiger partial charge is 0.270 e. The van der Waals surface area contributed by atoms with Crippen molar-refractivity contribution in [2.45, 2.75) is 13.0 Å². The SMILES string of the molecule is CC(N)CNC(=O)c1cc(Oc2ccc3c(c2)nc(Nc2ccc(Br)cc2)n3C)ccn1. The van der Waals surface area contributed by atoms with Gasteiger partial charge in [0, 0.05) is 48.1 Å². The summed E-state index contributed by atoms with van der Waals surface area (Å²) < 4.78 is 8.96. The molecule has 0 saturated heterocycles. The highest BCUT2D eigenvalue weighted by atomic mass is 79.9. The number of pyridine rings is 1. The van der Waals surface area contributed by atoms with Crippen LogP contribution in [0.25, 0.3) is 11.0 Å². The van der Waals surface area contributed by atoms with Crippen molar-refractivity contribution in [1.29, 1.82) is 0 Å². The fraction of sp³-hybridized carbons (Fsp3) is 0.174. The number of benzene rings is 2. The Labute approximate surface area is 193 Å². The second-order valence-corrected chi connectivity index (χ2v) is 8.36. The van der Waals surface area contributed by atoms with E-state index in [4.69, 9.17) is 15.5 Å². The maximum absolute atomic E-state index is 12.2. The van der Waals surface area contributed by atoms with Crippen LogP contribution in [0.1, 0.15) is 17.4 Å². The van der Waals surface area contributed by atoms with Gasteiger partial charge in [0.15, 0.2) is 0 Å². The van der Waals surface area contributed by atoms with Gasteiger partial charge >= 0.3 is 0 Å². The zero-order valence-electron chi connectivity index (χ0n) is 17.7. The van der Waals surface area contributed by atoms with E-state index in [0.717, 1.165) is 27.1 Å². The minimum atomic E-state index is -0.295. The molecule has 0 bridgehead atoms. The number of ether oxygens (including phenoxy) is 1. The maximum atomic E-state index is 12.2. The molecular formula is C23H23BrN6O2. The number of amides is 1. The first-order chi connectivity index (χ1) is 15.4. The monoisotopic (exact) mass is 494 g/mol. The number of hydrogen-bond donors (Lipinski definition) is 3. The number of aromatic nitrogens is 3. The van der Waals surface area contributed by atoms with E-state index in [1.807, 2.05) is 61.0 Å². The molecule has 0 saturated carbocycles. The molecule has 4 aromatic rings. The lowest BCUT2D eigenvalue weighted by Crippen LogP contribution is -2.35. The van der Waals surface area contributed by atoms with Crippen molar-refractivity contribution in [3.8, 4) is 11.5 Å². The minimum Gasteiger partial charge on any atom is -0.457 e. The van der Waals surface area contributed by atoms with Crippen LogP contribution >= 0.6 is 15.9 Å². The van der Waals surface area contributed by atoms with Crippen molar-refractivity contribution in [2.24, 2.45) is 12.8 Å². The third-order valence-corrected chi connectivity index (χ3v) is 5.27. The molecule has 164 valence electrons. The largest absolute Gasteiger partial charge is 0.457 e. The van der Waals surface area contributed by atoms with Crippen LogP contribution in [-0.4, -0.2) is 33.0 Å². The van der Waals surface area contributed by atoms with Crippen molar-refractivity contribution in [3.05, 3.63) is 71.0 Å². The summed E-state index contributed by atoms with van der Waals surface area (Å²) in [7, 11) is 1.95. The fourth-order valence-corrected chi connectivity index (χ4v) is 3.36. The molecule has 32 heavy (non-hydrogen) atoms. The molecule has 0 radical (unpaired) electrons. The van der Waals surface area contributed by atoms with Crippen LogP contribution in [0.15, 0.2) is 65.3 Å². The Morgan fingerprint density at radius 2 is 1.91 bits per heavy atom. The maximum Gasteiger partial charge on any atom is 0.270 e. The Morgan fingerprint density at radius 3 is 2.66 bits per heavy atom. The van der Waals surface area contributed by atoms with Crippen molar-refractivity contribution in [3.63, 3.8) is 0 Å². The zero-order chi connectivity index (χ0) is 22.7. The molecule has 0 aliphatic heterocycles. The lowest BCUT2D eigenvalue weighted by atomic mass is 10.3. The molecule has 2 aromatic carbocycles. The predicted molar refractivity (Wildman–Crippen MR) is 128 cm³/mol. The summed E-state index contributed by atoms with van der Waals surface area (Å²) >= 11 is 3.44. The Kier molecular flexibility index (Phi) is 6.38. The average Bonchev–Trinajstić information content (AvgIpc) is 3.08. The number of carbonyl (C=O) groups excluding carboxylic acids is 1. The lowest BCUT2D eigenvalue weighted by Gasteiger charge is -2.09. The van der Waals surface area contributed by atoms with Gasteiger partial charge in [-0.2, -0.15) is 0 Å². The summed E-state index contributed by atoms with van der Waals surface area (Å²) in [5.41, 5.74) is 8.64. The highest BCUT2D eigenvalue weighted by Crippen LogP contribution is 2.28. The number of nitrogens with one attached hydrogen (secondary N) is 2. The van der Waals surface area contributed by atoms with E-state index in [2.05, 4.69) is 31.5 Å². The van der Waals surface area contributed by atoms with Crippen molar-refractivity contribution in [2.75, 3.05) is 11.9 Å². The van der Waals surface area contributed by atoms with Gasteiger partial charge in [0.25, 0.3) is 5.91 Å². The van der Waals surface area contributed by atoms with Crippen molar-refractivity contribution < 1.29 is 9.53 Å². The van der Waals surface area contributed by atoms with Gasteiger partial charge in [-0.3, -0.25) is 9.78 Å². The summed E-state index contributed by atoms with van der Waals surface area (Å²) in [6.45, 7) is 2.19. The standard InChI is InChI=1S/C23H23BrN6O2/c1-14(25)13-27-22(31)20-12-18(9-10-26-20)32-17-7-8-21-19(11-17)29-23(30(21)2)28-16-5-3-15(24)4-6-16/h3-12,14H,13,25H2,1-2H3,(H,27,31)(H,28,29). The molecule has 0 aliphatic rings. The van der Waals surface area contributed by atoms with Gasteiger partial charge in [-0.15, -0.1) is 0 Å². The summed E-state index contributed by atoms with van der Waals surface area (Å²) in [5.74, 6) is 1.54. The number of rotatable bonds is 7. The van der Waals surface area contributed by atoms with Crippen molar-refractivity contribution >= 4 is 44.5 Å². The van der Waals surface area contributed by atoms with E-state index in [9.17, 15) is 4.79 Å². The second-order valence-electron chi connectivity index (χ2n) is 7.44. The normalized spacial score (nSPS) is 11.9. The molecule has 1 atom stereocenters. The van der Waals surface area contributed by atoms with Crippen LogP contribution < -0.4 is 21.1 Å². The van der Waals surface area contributed by atoms with E-state index in [1.54, 1.807) is 12.1 Å². The van der Waals surface area contributed by atoms with Gasteiger partial charge in [-0.1, -0.05) is 15.9 Å². The molecular weight excluding hydrogens is 472 g/mol. The van der Waals surface area contributed by atoms with Crippen LogP contribution in [0, 0.1) is 0 Å². The molecule has 0 spiro atoms. The molecule has 1 unspecified atom stereocenters. The summed E-state index contributed by atoms with van der Waals surface area (Å²) in [6.07, 6.45) is 1.54. The molecule has 4 N–H and O–H groups in total. The van der Waals surface area contributed by atoms with E-state index in [0.29, 0.717) is 18.0 Å². The molecule has 4 rings (SSSR count). The topological polar surface area (TPSA) is 107 Å². The minimum absolute atomic E-state index is 0.133. The first-order valence-electron chi connectivity index (χ1n) is 10.1. The number of aryl methyl sites for hydroxylation is 1. The number of imidazole rings is 1. The number of hydrogen-bond acceptors (Lipinski definition) is 6. The van der Waals surface area contributed by atoms with Gasteiger partial charge < -0.3 is 25.7 Å². The first-order valence-corrected chi connectivity index (χ1v) is 10.8. The molecule has 0 fully saturated rings. The predicted octanol–water partition coefficient (Wildman–Crippen LogP) is 4.34. The lowest BCUT2D eigenvalue weighted by molar-refractivity contribution is 0.0946. The quantitative estimate of drug-likeness (QED) is 0.352. The molecule has 8 nitrogen and oxygen atoms in total. The van der Waals surface area contributed by atoms with E-state index in [-0.39, 0.29) is 17.6 Å². The Bertz CT molecular complexity index is 1250. The highest BCUT2D eigenvalue weighted by molar-refractivity contribution is 9.10. The first kappa shape index (κ1) is 21.8. The van der Waals surface area contributed by atoms with Gasteiger partial charge in [-0.25, -0.2) is 4.98 Å². The van der Waals surface area contributed by atoms with Crippen LogP contribution in [0.3, 0.4) is 0 Å². The third kappa shape index (κ3) is 5.06. The Balaban J connectivity index is 1.52. The van der Waals surface area contributed by atoms with Gasteiger partial charge in [0.2, 0.25) is 5.95 Å². The number of nitrogens with two attached hydrogens (primary N) is 1. The molecule has 2 aromatic heterocycles. The van der Waals surface area contributed by atoms with Gasteiger partial charge in [0.1, 0.15) is 17.2 Å². The summed E-state index contributed by atoms with van der Waals surface area (Å²) in [4.78, 5) is 21.0. The van der Waals surface area contributed by atoms with Crippen LogP contribution in [0.2, 0.25) is 0 Å².